The van der Waals surface area contributed by atoms with Crippen molar-refractivity contribution >= 4 is 23.5 Å². The van der Waals surface area contributed by atoms with Gasteiger partial charge in [-0.1, -0.05) is 26.0 Å². The van der Waals surface area contributed by atoms with Crippen molar-refractivity contribution in [2.45, 2.75) is 20.3 Å². The van der Waals surface area contributed by atoms with Gasteiger partial charge in [0.2, 0.25) is 0 Å². The van der Waals surface area contributed by atoms with Gasteiger partial charge in [-0.3, -0.25) is 4.98 Å². The lowest BCUT2D eigenvalue weighted by Gasteiger charge is -2.05. The Morgan fingerprint density at radius 3 is 2.58 bits per heavy atom. The molecule has 1 heterocycles. The van der Waals surface area contributed by atoms with Gasteiger partial charge in [0.25, 0.3) is 0 Å². The number of hydrogen-bond acceptors (Lipinski definition) is 4. The fourth-order valence-corrected chi connectivity index (χ4v) is 1.75. The number of nitrogens with zero attached hydrogens (tertiary/aromatic N) is 1. The molecule has 2 aromatic rings. The van der Waals surface area contributed by atoms with Gasteiger partial charge in [0.1, 0.15) is 0 Å². The quantitative estimate of drug-likeness (QED) is 0.708. The molecular formula is C14H21BN2O2. The SMILES string of the molecule is CC.CNCCc1cnc2cc(B(O)O)ccc2c1. The number of fused-ring (bicyclic) bond motifs is 1. The molecule has 5 heteroatoms. The Bertz CT molecular complexity index is 518. The van der Waals surface area contributed by atoms with Crippen molar-refractivity contribution in [1.29, 1.82) is 0 Å². The Labute approximate surface area is 114 Å². The number of aromatic nitrogens is 1. The molecular weight excluding hydrogens is 239 g/mol. The Hall–Kier alpha value is -1.43. The summed E-state index contributed by atoms with van der Waals surface area (Å²) in [5.74, 6) is 0. The minimum atomic E-state index is -1.44. The molecule has 1 aromatic carbocycles. The molecule has 19 heavy (non-hydrogen) atoms. The van der Waals surface area contributed by atoms with Gasteiger partial charge in [-0.25, -0.2) is 0 Å². The van der Waals surface area contributed by atoms with Crippen molar-refractivity contribution in [2.75, 3.05) is 13.6 Å². The number of hydrogen-bond donors (Lipinski definition) is 3. The molecule has 0 spiro atoms. The van der Waals surface area contributed by atoms with E-state index < -0.39 is 7.12 Å². The van der Waals surface area contributed by atoms with Crippen LogP contribution < -0.4 is 10.8 Å². The summed E-state index contributed by atoms with van der Waals surface area (Å²) < 4.78 is 0. The number of rotatable bonds is 4. The van der Waals surface area contributed by atoms with Crippen molar-refractivity contribution in [3.63, 3.8) is 0 Å². The van der Waals surface area contributed by atoms with Crippen LogP contribution >= 0.6 is 0 Å². The van der Waals surface area contributed by atoms with Crippen molar-refractivity contribution < 1.29 is 10.0 Å². The van der Waals surface area contributed by atoms with Gasteiger partial charge in [0, 0.05) is 11.6 Å². The standard InChI is InChI=1S/C12H15BN2O2.C2H6/c1-14-5-4-9-6-10-2-3-11(13(16)17)7-12(10)15-8-9;1-2/h2-3,6-8,14,16-17H,4-5H2,1H3;1-2H3. The first kappa shape index (κ1) is 15.6. The number of benzene rings is 1. The lowest BCUT2D eigenvalue weighted by atomic mass is 9.80. The summed E-state index contributed by atoms with van der Waals surface area (Å²) in [4.78, 5) is 4.33. The lowest BCUT2D eigenvalue weighted by Crippen LogP contribution is -2.29. The zero-order valence-electron chi connectivity index (χ0n) is 11.7. The highest BCUT2D eigenvalue weighted by Crippen LogP contribution is 2.12. The Balaban J connectivity index is 0.000000861. The van der Waals surface area contributed by atoms with Gasteiger partial charge < -0.3 is 15.4 Å². The van der Waals surface area contributed by atoms with Gasteiger partial charge in [-0.15, -0.1) is 0 Å². The van der Waals surface area contributed by atoms with Gasteiger partial charge in [-0.05, 0) is 43.2 Å². The van der Waals surface area contributed by atoms with Crippen LogP contribution in [0.1, 0.15) is 19.4 Å². The fourth-order valence-electron chi connectivity index (χ4n) is 1.75. The van der Waals surface area contributed by atoms with Crippen LogP contribution in [0.5, 0.6) is 0 Å². The maximum absolute atomic E-state index is 9.07. The minimum absolute atomic E-state index is 0.466. The molecule has 0 aliphatic carbocycles. The first-order valence-corrected chi connectivity index (χ1v) is 6.60. The van der Waals surface area contributed by atoms with E-state index in [2.05, 4.69) is 16.4 Å². The molecule has 0 unspecified atom stereocenters. The number of pyridine rings is 1. The summed E-state index contributed by atoms with van der Waals surface area (Å²) in [6.07, 6.45) is 2.76. The predicted octanol–water partition coefficient (Wildman–Crippen LogP) is 0.703. The molecule has 0 aliphatic rings. The average Bonchev–Trinajstić information content (AvgIpc) is 2.46. The zero-order chi connectivity index (χ0) is 14.3. The second-order valence-corrected chi connectivity index (χ2v) is 4.02. The highest BCUT2D eigenvalue weighted by Gasteiger charge is 2.11. The molecule has 0 atom stereocenters. The van der Waals surface area contributed by atoms with Crippen LogP contribution in [-0.2, 0) is 6.42 Å². The van der Waals surface area contributed by atoms with Gasteiger partial charge in [0.05, 0.1) is 5.52 Å². The van der Waals surface area contributed by atoms with Crippen LogP contribution in [0, 0.1) is 0 Å². The summed E-state index contributed by atoms with van der Waals surface area (Å²) in [5.41, 5.74) is 2.42. The third-order valence-corrected chi connectivity index (χ3v) is 2.73. The van der Waals surface area contributed by atoms with E-state index in [9.17, 15) is 0 Å². The van der Waals surface area contributed by atoms with Crippen LogP contribution in [0.15, 0.2) is 30.5 Å². The summed E-state index contributed by atoms with van der Waals surface area (Å²) in [6.45, 7) is 4.92. The molecule has 102 valence electrons. The molecule has 0 aliphatic heterocycles. The van der Waals surface area contributed by atoms with Crippen molar-refractivity contribution in [3.05, 3.63) is 36.0 Å². The van der Waals surface area contributed by atoms with E-state index in [-0.39, 0.29) is 0 Å². The summed E-state index contributed by atoms with van der Waals surface area (Å²) in [5, 5.41) is 22.3. The van der Waals surface area contributed by atoms with Crippen molar-refractivity contribution in [1.82, 2.24) is 10.3 Å². The van der Waals surface area contributed by atoms with E-state index in [1.807, 2.05) is 33.2 Å². The second-order valence-electron chi connectivity index (χ2n) is 4.02. The van der Waals surface area contributed by atoms with Crippen LogP contribution in [0.3, 0.4) is 0 Å². The Kier molecular flexibility index (Phi) is 6.49. The summed E-state index contributed by atoms with van der Waals surface area (Å²) >= 11 is 0. The van der Waals surface area contributed by atoms with E-state index in [4.69, 9.17) is 10.0 Å². The van der Waals surface area contributed by atoms with E-state index in [0.29, 0.717) is 5.46 Å². The summed E-state index contributed by atoms with van der Waals surface area (Å²) in [6, 6.07) is 7.34. The molecule has 1 aromatic heterocycles. The highest BCUT2D eigenvalue weighted by molar-refractivity contribution is 6.58. The zero-order valence-corrected chi connectivity index (χ0v) is 11.7. The molecule has 0 radical (unpaired) electrons. The Morgan fingerprint density at radius 2 is 1.95 bits per heavy atom. The second kappa shape index (κ2) is 7.89. The van der Waals surface area contributed by atoms with E-state index >= 15 is 0 Å². The normalized spacial score (nSPS) is 9.95. The topological polar surface area (TPSA) is 65.4 Å². The van der Waals surface area contributed by atoms with Crippen LogP contribution in [0.25, 0.3) is 10.9 Å². The monoisotopic (exact) mass is 260 g/mol. The Morgan fingerprint density at radius 1 is 1.21 bits per heavy atom. The van der Waals surface area contributed by atoms with E-state index in [1.54, 1.807) is 12.1 Å². The number of nitrogens with one attached hydrogen (secondary N) is 1. The van der Waals surface area contributed by atoms with Crippen molar-refractivity contribution in [2.24, 2.45) is 0 Å². The third kappa shape index (κ3) is 4.31. The fraction of sp³-hybridized carbons (Fsp3) is 0.357. The maximum atomic E-state index is 9.07. The van der Waals surface area contributed by atoms with Gasteiger partial charge >= 0.3 is 7.12 Å². The molecule has 0 fully saturated rings. The van der Waals surface area contributed by atoms with Crippen molar-refractivity contribution in [3.8, 4) is 0 Å². The van der Waals surface area contributed by atoms with Crippen LogP contribution in [-0.4, -0.2) is 35.7 Å². The predicted molar refractivity (Wildman–Crippen MR) is 80.5 cm³/mol. The first-order chi connectivity index (χ1) is 9.20. The largest absolute Gasteiger partial charge is 0.488 e. The minimum Gasteiger partial charge on any atom is -0.423 e. The maximum Gasteiger partial charge on any atom is 0.488 e. The van der Waals surface area contributed by atoms with E-state index in [0.717, 1.165) is 23.9 Å². The molecule has 0 bridgehead atoms. The smallest absolute Gasteiger partial charge is 0.423 e. The lowest BCUT2D eigenvalue weighted by molar-refractivity contribution is 0.426. The molecule has 0 amide bonds. The molecule has 4 nitrogen and oxygen atoms in total. The number of likely N-dealkylation sites (N-methyl/N-ethyl adjacent to an activating group) is 1. The van der Waals surface area contributed by atoms with Crippen LogP contribution in [0.4, 0.5) is 0 Å². The van der Waals surface area contributed by atoms with Crippen LogP contribution in [0.2, 0.25) is 0 Å². The van der Waals surface area contributed by atoms with E-state index in [1.165, 1.54) is 5.56 Å². The van der Waals surface area contributed by atoms with Gasteiger partial charge in [-0.2, -0.15) is 0 Å². The third-order valence-electron chi connectivity index (χ3n) is 2.73. The first-order valence-electron chi connectivity index (χ1n) is 6.60. The molecule has 3 N–H and O–H groups in total. The highest BCUT2D eigenvalue weighted by atomic mass is 16.4. The molecule has 0 saturated carbocycles. The van der Waals surface area contributed by atoms with Gasteiger partial charge in [0.15, 0.2) is 0 Å². The average molecular weight is 260 g/mol. The molecule has 0 saturated heterocycles. The summed E-state index contributed by atoms with van der Waals surface area (Å²) in [7, 11) is 0.480. The molecule has 2 rings (SSSR count).